The lowest BCUT2D eigenvalue weighted by atomic mass is 10.1. The monoisotopic (exact) mass is 607 g/mol. The normalized spacial score (nSPS) is 11.6. The number of rotatable bonds is 12. The number of halogens is 1. The van der Waals surface area contributed by atoms with Gasteiger partial charge in [0.1, 0.15) is 6.54 Å². The average molecular weight is 608 g/mol. The Balaban J connectivity index is 1.73. The largest absolute Gasteiger partial charge is 0.396 e. The van der Waals surface area contributed by atoms with Crippen LogP contribution in [0.4, 0.5) is 5.69 Å². The highest BCUT2D eigenvalue weighted by molar-refractivity contribution is 7.93. The van der Waals surface area contributed by atoms with Crippen LogP contribution in [0.3, 0.4) is 0 Å². The minimum atomic E-state index is -4.12. The van der Waals surface area contributed by atoms with Crippen molar-refractivity contribution in [3.63, 3.8) is 0 Å². The number of sulfonamides is 2. The topological polar surface area (TPSA) is 150 Å². The number of amides is 2. The number of anilines is 1. The second-order valence-corrected chi connectivity index (χ2v) is 13.1. The number of hydrogen-bond donors (Lipinski definition) is 3. The molecule has 0 spiro atoms. The summed E-state index contributed by atoms with van der Waals surface area (Å²) in [6, 6.07) is 17.0. The molecule has 3 N–H and O–H groups in total. The van der Waals surface area contributed by atoms with Crippen LogP contribution >= 0.6 is 11.6 Å². The zero-order valence-electron chi connectivity index (χ0n) is 21.9. The molecular weight excluding hydrogens is 578 g/mol. The fraction of sp³-hybridized carbons (Fsp3) is 0.259. The zero-order chi connectivity index (χ0) is 29.5. The Morgan fingerprint density at radius 1 is 0.925 bits per heavy atom. The van der Waals surface area contributed by atoms with E-state index in [4.69, 9.17) is 16.7 Å². The molecule has 0 atom stereocenters. The highest BCUT2D eigenvalue weighted by Gasteiger charge is 2.28. The van der Waals surface area contributed by atoms with E-state index in [2.05, 4.69) is 5.32 Å². The first-order valence-electron chi connectivity index (χ1n) is 12.2. The number of aliphatic hydroxyl groups excluding tert-OH is 1. The van der Waals surface area contributed by atoms with Gasteiger partial charge in [0, 0.05) is 23.7 Å². The standard InChI is InChI=1S/C27H30ClN3O7S2/c1-19-7-13-23(14-8-19)40(37,38)31(25-6-3-5-24(28)20(25)2)18-26(33)29-17-21-9-11-22(12-10-21)27(34)30-39(35,36)16-4-15-32/h3,5-14,32H,4,15-18H2,1-2H3,(H,29,33)(H,30,34). The summed E-state index contributed by atoms with van der Waals surface area (Å²) in [5.74, 6) is -1.78. The zero-order valence-corrected chi connectivity index (χ0v) is 24.3. The fourth-order valence-electron chi connectivity index (χ4n) is 3.67. The van der Waals surface area contributed by atoms with Gasteiger partial charge in [0.25, 0.3) is 15.9 Å². The third-order valence-corrected chi connectivity index (χ3v) is 9.44. The molecule has 0 aliphatic carbocycles. The maximum atomic E-state index is 13.6. The molecular formula is C27H30ClN3O7S2. The Kier molecular flexibility index (Phi) is 10.3. The van der Waals surface area contributed by atoms with E-state index in [1.807, 2.05) is 11.6 Å². The second kappa shape index (κ2) is 13.3. The first-order valence-corrected chi connectivity index (χ1v) is 15.7. The number of carbonyl (C=O) groups excluding carboxylic acids is 2. The van der Waals surface area contributed by atoms with E-state index >= 15 is 0 Å². The molecule has 13 heteroatoms. The smallest absolute Gasteiger partial charge is 0.264 e. The van der Waals surface area contributed by atoms with Gasteiger partial charge in [-0.1, -0.05) is 47.5 Å². The quantitative estimate of drug-likeness (QED) is 0.286. The summed E-state index contributed by atoms with van der Waals surface area (Å²) in [4.78, 5) is 25.2. The highest BCUT2D eigenvalue weighted by Crippen LogP contribution is 2.30. The lowest BCUT2D eigenvalue weighted by molar-refractivity contribution is -0.119. The summed E-state index contributed by atoms with van der Waals surface area (Å²) >= 11 is 6.25. The maximum Gasteiger partial charge on any atom is 0.264 e. The molecule has 0 saturated heterocycles. The molecule has 0 unspecified atom stereocenters. The summed E-state index contributed by atoms with van der Waals surface area (Å²) in [5, 5.41) is 11.8. The van der Waals surface area contributed by atoms with Crippen molar-refractivity contribution in [2.75, 3.05) is 23.2 Å². The predicted molar refractivity (Wildman–Crippen MR) is 153 cm³/mol. The molecule has 3 aromatic rings. The van der Waals surface area contributed by atoms with Crippen LogP contribution in [0, 0.1) is 13.8 Å². The van der Waals surface area contributed by atoms with E-state index < -0.39 is 38.4 Å². The number of benzene rings is 3. The molecule has 0 radical (unpaired) electrons. The Labute approximate surface area is 239 Å². The van der Waals surface area contributed by atoms with Gasteiger partial charge in [0.15, 0.2) is 0 Å². The summed E-state index contributed by atoms with van der Waals surface area (Å²) in [6.45, 7) is 2.71. The molecule has 2 amide bonds. The number of nitrogens with one attached hydrogen (secondary N) is 2. The first kappa shape index (κ1) is 31.1. The number of aliphatic hydroxyl groups is 1. The van der Waals surface area contributed by atoms with Gasteiger partial charge in [0.2, 0.25) is 15.9 Å². The molecule has 0 heterocycles. The summed E-state index contributed by atoms with van der Waals surface area (Å²) in [7, 11) is -7.99. The van der Waals surface area contributed by atoms with Gasteiger partial charge in [-0.2, -0.15) is 0 Å². The number of hydrogen-bond acceptors (Lipinski definition) is 7. The van der Waals surface area contributed by atoms with Crippen LogP contribution in [0.5, 0.6) is 0 Å². The van der Waals surface area contributed by atoms with Gasteiger partial charge in [-0.15, -0.1) is 0 Å². The van der Waals surface area contributed by atoms with E-state index in [1.165, 1.54) is 36.4 Å². The molecule has 0 aliphatic heterocycles. The van der Waals surface area contributed by atoms with Gasteiger partial charge >= 0.3 is 0 Å². The lowest BCUT2D eigenvalue weighted by Gasteiger charge is -2.26. The van der Waals surface area contributed by atoms with E-state index in [1.54, 1.807) is 37.3 Å². The molecule has 0 aromatic heterocycles. The summed E-state index contributed by atoms with van der Waals surface area (Å²) < 4.78 is 53.9. The van der Waals surface area contributed by atoms with Crippen molar-refractivity contribution in [2.24, 2.45) is 0 Å². The van der Waals surface area contributed by atoms with Crippen LogP contribution in [-0.4, -0.2) is 52.7 Å². The lowest BCUT2D eigenvalue weighted by Crippen LogP contribution is -2.41. The minimum absolute atomic E-state index is 0.00186. The van der Waals surface area contributed by atoms with Crippen molar-refractivity contribution in [2.45, 2.75) is 31.7 Å². The Bertz CT molecular complexity index is 1580. The summed E-state index contributed by atoms with van der Waals surface area (Å²) in [6.07, 6.45) is 0.00186. The van der Waals surface area contributed by atoms with Crippen molar-refractivity contribution in [1.29, 1.82) is 0 Å². The average Bonchev–Trinajstić information content (AvgIpc) is 2.91. The molecule has 0 saturated carbocycles. The third-order valence-electron chi connectivity index (χ3n) is 5.93. The van der Waals surface area contributed by atoms with Gasteiger partial charge in [0.05, 0.1) is 16.3 Å². The number of nitrogens with zero attached hydrogens (tertiary/aromatic N) is 1. The van der Waals surface area contributed by atoms with Crippen LogP contribution in [-0.2, 0) is 31.4 Å². The van der Waals surface area contributed by atoms with E-state index in [9.17, 15) is 26.4 Å². The van der Waals surface area contributed by atoms with Gasteiger partial charge in [-0.05, 0) is 67.8 Å². The SMILES string of the molecule is Cc1ccc(S(=O)(=O)N(CC(=O)NCc2ccc(C(=O)NS(=O)(=O)CCCO)cc2)c2cccc(Cl)c2C)cc1. The maximum absolute atomic E-state index is 13.6. The van der Waals surface area contributed by atoms with Crippen molar-refractivity contribution in [3.05, 3.63) is 94.0 Å². The molecule has 0 aliphatic rings. The number of aryl methyl sites for hydroxylation is 1. The Morgan fingerprint density at radius 3 is 2.20 bits per heavy atom. The van der Waals surface area contributed by atoms with Crippen LogP contribution in [0.25, 0.3) is 0 Å². The van der Waals surface area contributed by atoms with Crippen LogP contribution < -0.4 is 14.3 Å². The van der Waals surface area contributed by atoms with E-state index in [0.29, 0.717) is 16.1 Å². The van der Waals surface area contributed by atoms with Crippen LogP contribution in [0.1, 0.15) is 33.5 Å². The van der Waals surface area contributed by atoms with Crippen molar-refractivity contribution >= 4 is 49.1 Å². The van der Waals surface area contributed by atoms with Gasteiger partial charge in [-0.25, -0.2) is 21.6 Å². The van der Waals surface area contributed by atoms with Crippen molar-refractivity contribution in [1.82, 2.24) is 10.0 Å². The highest BCUT2D eigenvalue weighted by atomic mass is 35.5. The third kappa shape index (κ3) is 8.04. The van der Waals surface area contributed by atoms with E-state index in [-0.39, 0.29) is 41.5 Å². The summed E-state index contributed by atoms with van der Waals surface area (Å²) in [5.41, 5.74) is 2.34. The van der Waals surface area contributed by atoms with Crippen molar-refractivity contribution < 1.29 is 31.5 Å². The number of carbonyl (C=O) groups is 2. The molecule has 0 fully saturated rings. The first-order chi connectivity index (χ1) is 18.8. The molecule has 214 valence electrons. The van der Waals surface area contributed by atoms with Crippen LogP contribution in [0.2, 0.25) is 5.02 Å². The van der Waals surface area contributed by atoms with Gasteiger partial charge in [-0.3, -0.25) is 13.9 Å². The van der Waals surface area contributed by atoms with E-state index in [0.717, 1.165) is 9.87 Å². The molecule has 40 heavy (non-hydrogen) atoms. The second-order valence-electron chi connectivity index (χ2n) is 9.01. The van der Waals surface area contributed by atoms with Gasteiger partial charge < -0.3 is 10.4 Å². The Morgan fingerprint density at radius 2 is 1.57 bits per heavy atom. The molecule has 0 bridgehead atoms. The fourth-order valence-corrected chi connectivity index (χ4v) is 6.33. The Hall–Kier alpha value is -3.45. The molecule has 3 aromatic carbocycles. The van der Waals surface area contributed by atoms with Crippen molar-refractivity contribution in [3.8, 4) is 0 Å². The minimum Gasteiger partial charge on any atom is -0.396 e. The molecule has 10 nitrogen and oxygen atoms in total. The van der Waals surface area contributed by atoms with Crippen LogP contribution in [0.15, 0.2) is 71.6 Å². The molecule has 3 rings (SSSR count). The predicted octanol–water partition coefficient (Wildman–Crippen LogP) is 2.91.